The van der Waals surface area contributed by atoms with Crippen molar-refractivity contribution in [2.75, 3.05) is 6.61 Å². The van der Waals surface area contributed by atoms with E-state index in [9.17, 15) is 9.18 Å². The van der Waals surface area contributed by atoms with Crippen molar-refractivity contribution in [3.8, 4) is 11.8 Å². The number of pyridine rings is 1. The van der Waals surface area contributed by atoms with Crippen LogP contribution in [0.25, 0.3) is 0 Å². The van der Waals surface area contributed by atoms with Crippen LogP contribution in [0.2, 0.25) is 0 Å². The lowest BCUT2D eigenvalue weighted by Crippen LogP contribution is -2.23. The number of aliphatic hydroxyl groups excluding tert-OH is 1. The molecular formula is C16H13FN2O2. The summed E-state index contributed by atoms with van der Waals surface area (Å²) in [7, 11) is 0. The van der Waals surface area contributed by atoms with Gasteiger partial charge in [0, 0.05) is 18.3 Å². The monoisotopic (exact) mass is 284 g/mol. The lowest BCUT2D eigenvalue weighted by atomic mass is 10.1. The van der Waals surface area contributed by atoms with Gasteiger partial charge in [-0.15, -0.1) is 0 Å². The van der Waals surface area contributed by atoms with Gasteiger partial charge in [-0.2, -0.15) is 0 Å². The Morgan fingerprint density at radius 2 is 2.24 bits per heavy atom. The zero-order chi connectivity index (χ0) is 15.1. The number of carbonyl (C=O) groups is 1. The maximum Gasteiger partial charge on any atom is 0.254 e. The minimum Gasteiger partial charge on any atom is -0.384 e. The third kappa shape index (κ3) is 4.13. The molecule has 1 amide bonds. The van der Waals surface area contributed by atoms with E-state index in [1.165, 1.54) is 12.3 Å². The number of hydrogen-bond donors (Lipinski definition) is 2. The number of rotatable bonds is 3. The van der Waals surface area contributed by atoms with Crippen molar-refractivity contribution in [1.82, 2.24) is 10.3 Å². The van der Waals surface area contributed by atoms with Gasteiger partial charge in [0.2, 0.25) is 0 Å². The Labute approximate surface area is 121 Å². The Morgan fingerprint density at radius 3 is 3.00 bits per heavy atom. The van der Waals surface area contributed by atoms with Crippen molar-refractivity contribution in [2.24, 2.45) is 0 Å². The number of hydrogen-bond acceptors (Lipinski definition) is 3. The van der Waals surface area contributed by atoms with Crippen LogP contribution in [0.1, 0.15) is 21.5 Å². The molecule has 2 N–H and O–H groups in total. The molecule has 0 saturated carbocycles. The van der Waals surface area contributed by atoms with Crippen molar-refractivity contribution >= 4 is 5.91 Å². The van der Waals surface area contributed by atoms with Crippen LogP contribution in [0.3, 0.4) is 0 Å². The van der Waals surface area contributed by atoms with Crippen molar-refractivity contribution in [3.63, 3.8) is 0 Å². The van der Waals surface area contributed by atoms with Crippen molar-refractivity contribution < 1.29 is 14.3 Å². The fourth-order valence-corrected chi connectivity index (χ4v) is 1.74. The Morgan fingerprint density at radius 1 is 1.38 bits per heavy atom. The second kappa shape index (κ2) is 7.17. The molecule has 1 aromatic heterocycles. The van der Waals surface area contributed by atoms with Crippen LogP contribution < -0.4 is 5.32 Å². The average Bonchev–Trinajstić information content (AvgIpc) is 2.51. The van der Waals surface area contributed by atoms with Crippen LogP contribution in [-0.4, -0.2) is 22.6 Å². The highest BCUT2D eigenvalue weighted by Crippen LogP contribution is 2.07. The molecule has 0 aliphatic rings. The number of amides is 1. The summed E-state index contributed by atoms with van der Waals surface area (Å²) in [4.78, 5) is 15.5. The highest BCUT2D eigenvalue weighted by molar-refractivity contribution is 5.94. The molecule has 0 fully saturated rings. The molecule has 0 bridgehead atoms. The predicted octanol–water partition coefficient (Wildman–Crippen LogP) is 1.49. The van der Waals surface area contributed by atoms with Crippen molar-refractivity contribution in [3.05, 3.63) is 65.2 Å². The first-order valence-corrected chi connectivity index (χ1v) is 6.27. The first-order chi connectivity index (χ1) is 10.2. The summed E-state index contributed by atoms with van der Waals surface area (Å²) >= 11 is 0. The molecule has 1 aromatic carbocycles. The molecule has 4 nitrogen and oxygen atoms in total. The highest BCUT2D eigenvalue weighted by atomic mass is 19.1. The van der Waals surface area contributed by atoms with E-state index in [2.05, 4.69) is 22.1 Å². The molecule has 0 saturated heterocycles. The number of nitrogens with zero attached hydrogens (tertiary/aromatic N) is 1. The SMILES string of the molecule is O=C(NCc1cccc(C#CCO)c1)c1ccncc1F. The summed E-state index contributed by atoms with van der Waals surface area (Å²) in [6, 6.07) is 8.55. The number of halogens is 1. The summed E-state index contributed by atoms with van der Waals surface area (Å²) in [6.07, 6.45) is 2.36. The highest BCUT2D eigenvalue weighted by Gasteiger charge is 2.10. The fourth-order valence-electron chi connectivity index (χ4n) is 1.74. The van der Waals surface area contributed by atoms with Gasteiger partial charge < -0.3 is 10.4 Å². The smallest absolute Gasteiger partial charge is 0.254 e. The lowest BCUT2D eigenvalue weighted by molar-refractivity contribution is 0.0946. The van der Waals surface area contributed by atoms with E-state index >= 15 is 0 Å². The van der Waals surface area contributed by atoms with Gasteiger partial charge in [0.05, 0.1) is 11.8 Å². The van der Waals surface area contributed by atoms with E-state index in [1.807, 2.05) is 6.07 Å². The van der Waals surface area contributed by atoms with E-state index < -0.39 is 11.7 Å². The predicted molar refractivity (Wildman–Crippen MR) is 75.8 cm³/mol. The number of carbonyl (C=O) groups excluding carboxylic acids is 1. The maximum absolute atomic E-state index is 13.4. The zero-order valence-electron chi connectivity index (χ0n) is 11.1. The van der Waals surface area contributed by atoms with E-state index in [4.69, 9.17) is 5.11 Å². The van der Waals surface area contributed by atoms with Gasteiger partial charge in [-0.25, -0.2) is 4.39 Å². The third-order valence-electron chi connectivity index (χ3n) is 2.71. The molecular weight excluding hydrogens is 271 g/mol. The molecule has 0 radical (unpaired) electrons. The molecule has 0 spiro atoms. The lowest BCUT2D eigenvalue weighted by Gasteiger charge is -2.06. The molecule has 106 valence electrons. The van der Waals surface area contributed by atoms with Crippen LogP contribution in [0, 0.1) is 17.7 Å². The minimum atomic E-state index is -0.655. The van der Waals surface area contributed by atoms with E-state index in [0.717, 1.165) is 17.3 Å². The second-order valence-corrected chi connectivity index (χ2v) is 4.20. The summed E-state index contributed by atoms with van der Waals surface area (Å²) < 4.78 is 13.4. The molecule has 2 aromatic rings. The van der Waals surface area contributed by atoms with Gasteiger partial charge >= 0.3 is 0 Å². The Balaban J connectivity index is 2.03. The summed E-state index contributed by atoms with van der Waals surface area (Å²) in [6.45, 7) is 0.0531. The molecule has 0 atom stereocenters. The zero-order valence-corrected chi connectivity index (χ0v) is 11.1. The fraction of sp³-hybridized carbons (Fsp3) is 0.125. The Kier molecular flexibility index (Phi) is 5.02. The van der Waals surface area contributed by atoms with Crippen LogP contribution >= 0.6 is 0 Å². The molecule has 0 unspecified atom stereocenters. The largest absolute Gasteiger partial charge is 0.384 e. The first kappa shape index (κ1) is 14.7. The minimum absolute atomic E-state index is 0.0405. The normalized spacial score (nSPS) is 9.62. The van der Waals surface area contributed by atoms with Crippen LogP contribution in [0.4, 0.5) is 4.39 Å². The quantitative estimate of drug-likeness (QED) is 0.840. The molecule has 0 aliphatic carbocycles. The van der Waals surface area contributed by atoms with Crippen LogP contribution in [0.15, 0.2) is 42.7 Å². The van der Waals surface area contributed by atoms with E-state index in [-0.39, 0.29) is 18.7 Å². The van der Waals surface area contributed by atoms with Gasteiger partial charge in [-0.3, -0.25) is 9.78 Å². The number of aliphatic hydroxyl groups is 1. The number of nitrogens with one attached hydrogen (secondary N) is 1. The topological polar surface area (TPSA) is 62.2 Å². The van der Waals surface area contributed by atoms with E-state index in [0.29, 0.717) is 0 Å². The molecule has 21 heavy (non-hydrogen) atoms. The summed E-state index contributed by atoms with van der Waals surface area (Å²) in [5.41, 5.74) is 1.54. The van der Waals surface area contributed by atoms with Gasteiger partial charge in [0.15, 0.2) is 5.82 Å². The molecule has 2 rings (SSSR count). The third-order valence-corrected chi connectivity index (χ3v) is 2.71. The Bertz CT molecular complexity index is 705. The van der Waals surface area contributed by atoms with Gasteiger partial charge in [-0.05, 0) is 23.8 Å². The van der Waals surface area contributed by atoms with E-state index in [1.54, 1.807) is 18.2 Å². The van der Waals surface area contributed by atoms with Gasteiger partial charge in [0.1, 0.15) is 6.61 Å². The van der Waals surface area contributed by atoms with Gasteiger partial charge in [-0.1, -0.05) is 24.0 Å². The molecule has 5 heteroatoms. The van der Waals surface area contributed by atoms with Gasteiger partial charge in [0.25, 0.3) is 5.91 Å². The Hall–Kier alpha value is -2.71. The first-order valence-electron chi connectivity index (χ1n) is 6.27. The van der Waals surface area contributed by atoms with Crippen molar-refractivity contribution in [1.29, 1.82) is 0 Å². The van der Waals surface area contributed by atoms with Crippen LogP contribution in [-0.2, 0) is 6.54 Å². The molecule has 0 aliphatic heterocycles. The summed E-state index contributed by atoms with van der Waals surface area (Å²) in [5, 5.41) is 11.3. The second-order valence-electron chi connectivity index (χ2n) is 4.20. The standard InChI is InChI=1S/C16H13FN2O2/c17-15-11-18-7-6-14(15)16(21)19-10-13-4-1-3-12(9-13)5-2-8-20/h1,3-4,6-7,9,11,20H,8,10H2,(H,19,21). The molecule has 1 heterocycles. The van der Waals surface area contributed by atoms with Crippen LogP contribution in [0.5, 0.6) is 0 Å². The number of aromatic nitrogens is 1. The average molecular weight is 284 g/mol. The number of benzene rings is 1. The summed E-state index contributed by atoms with van der Waals surface area (Å²) in [5.74, 6) is 4.18. The van der Waals surface area contributed by atoms with Crippen molar-refractivity contribution in [2.45, 2.75) is 6.54 Å². The maximum atomic E-state index is 13.4.